The van der Waals surface area contributed by atoms with E-state index in [0.29, 0.717) is 18.9 Å². The van der Waals surface area contributed by atoms with Crippen LogP contribution in [-0.2, 0) is 20.7 Å². The van der Waals surface area contributed by atoms with E-state index in [2.05, 4.69) is 243 Å². The van der Waals surface area contributed by atoms with E-state index in [1.54, 1.807) is 6.92 Å². The number of rotatable bonds is 2. The second-order valence-corrected chi connectivity index (χ2v) is 16.1. The number of hydrogen-bond acceptors (Lipinski definition) is 3. The molecule has 2 rings (SSSR count). The highest BCUT2D eigenvalue weighted by Crippen LogP contribution is 2.09. The monoisotopic (exact) mass is 1150 g/mol. The summed E-state index contributed by atoms with van der Waals surface area (Å²) in [4.78, 5) is 25.8. The van der Waals surface area contributed by atoms with Gasteiger partial charge in [-0.3, -0.25) is 4.79 Å². The standard InChI is InChI=1S/C11H12.C10H10.C8H14.C7H10O2.C7H12.C6H8O.C6H10.C5H5N.2C5H8.C4H5Br.CH4/c1-2-3-5-8-11-9-6-4-7-10-11;1-2-3-7-10-8-5-4-6-9-10;1-5-6-7-8(2,3)4;1-3-5-6-7(8)9-4-2;1-4-5-6-7(2)3;1-3-4-5-6(2)7;1-3-5-6-4-2;1-3-4-5-6-2;2*1-3-5-4-2;1-2-3-4-5;/h4,6-7,9-10H,2,8H2,1H3;4-6,8-9H,2H2,1H3;5H2,1-4H3;3-4H2,1-2H3;7H,4H2,1-3H3;3H2,1-2H3;3-4H2,1-2H3;3H2,1H3;2*3H2,1-2H3;2H2,1H3;1H4. The van der Waals surface area contributed by atoms with Crippen LogP contribution in [0.4, 0.5) is 0 Å². The van der Waals surface area contributed by atoms with Crippen molar-refractivity contribution in [2.45, 2.75) is 236 Å². The van der Waals surface area contributed by atoms with E-state index in [1.807, 2.05) is 104 Å². The fourth-order valence-electron chi connectivity index (χ4n) is 3.59. The first-order valence-electron chi connectivity index (χ1n) is 27.7. The van der Waals surface area contributed by atoms with Gasteiger partial charge in [0.05, 0.1) is 6.61 Å². The lowest BCUT2D eigenvalue weighted by molar-refractivity contribution is -0.136. The minimum absolute atomic E-state index is 0. The van der Waals surface area contributed by atoms with Crippen LogP contribution in [0, 0.1) is 147 Å². The Kier molecular flexibility index (Phi) is 112. The average Bonchev–Trinajstić information content (AvgIpc) is 3.44. The van der Waals surface area contributed by atoms with Crippen molar-refractivity contribution >= 4 is 27.7 Å². The van der Waals surface area contributed by atoms with Crippen LogP contribution in [0.2, 0.25) is 0 Å². The van der Waals surface area contributed by atoms with Gasteiger partial charge in [0.25, 0.3) is 0 Å². The van der Waals surface area contributed by atoms with Crippen LogP contribution in [0.15, 0.2) is 60.7 Å². The number of hydrogen-bond donors (Lipinski definition) is 0. The third kappa shape index (κ3) is 139. The third-order valence-corrected chi connectivity index (χ3v) is 6.93. The molecule has 0 saturated carbocycles. The largest absolute Gasteiger partial charge is 0.456 e. The van der Waals surface area contributed by atoms with Crippen molar-refractivity contribution in [1.82, 2.24) is 0 Å². The average molecular weight is 1150 g/mol. The molecule has 0 aliphatic rings. The van der Waals surface area contributed by atoms with E-state index in [9.17, 15) is 9.59 Å². The van der Waals surface area contributed by atoms with Gasteiger partial charge in [-0.05, 0) is 76.4 Å². The van der Waals surface area contributed by atoms with E-state index in [0.717, 1.165) is 82.6 Å². The lowest BCUT2D eigenvalue weighted by Crippen LogP contribution is -1.99. The zero-order valence-electron chi connectivity index (χ0n) is 53.3. The van der Waals surface area contributed by atoms with Crippen LogP contribution in [0.25, 0.3) is 4.85 Å². The SMILES string of the molecule is C.CC#CCC.CC#CCC.CCC#CBr.CCC#CC(=O)OCC.CCC#CC(C)(C)C.CCC#CC(C)=O.CCC#CC(C)C.CCC#CCC.CCC#CCc1ccccc1.CCC#Cc1ccccc1.[C-]#[N+]C#CCC. The second kappa shape index (κ2) is 94.2. The smallest absolute Gasteiger partial charge is 0.384 e. The quantitative estimate of drug-likeness (QED) is 0.0990. The number of Topliss-reactive ketones (excluding diaryl/α,β-unsaturated/α-hetero) is 1. The lowest BCUT2D eigenvalue weighted by Gasteiger charge is -2.06. The summed E-state index contributed by atoms with van der Waals surface area (Å²) in [5.74, 6) is 57.0. The topological polar surface area (TPSA) is 47.7 Å². The Balaban J connectivity index is -0.0000000850. The predicted octanol–water partition coefficient (Wildman–Crippen LogP) is 19.9. The molecule has 0 saturated heterocycles. The third-order valence-electron chi connectivity index (χ3n) is 6.65. The molecule has 4 nitrogen and oxygen atoms in total. The number of benzene rings is 2. The molecule has 0 fully saturated rings. The Bertz CT molecular complexity index is 2410. The molecule has 0 amide bonds. The maximum atomic E-state index is 10.4. The highest BCUT2D eigenvalue weighted by Gasteiger charge is 2.02. The summed E-state index contributed by atoms with van der Waals surface area (Å²) in [6.45, 7) is 48.2. The van der Waals surface area contributed by atoms with Crippen molar-refractivity contribution in [3.05, 3.63) is 83.2 Å². The molecule has 0 radical (unpaired) electrons. The minimum atomic E-state index is -0.431. The van der Waals surface area contributed by atoms with Crippen molar-refractivity contribution in [2.75, 3.05) is 6.61 Å². The molecule has 0 aromatic heterocycles. The zero-order valence-corrected chi connectivity index (χ0v) is 54.9. The van der Waals surface area contributed by atoms with Crippen LogP contribution in [0.3, 0.4) is 0 Å². The summed E-state index contributed by atoms with van der Waals surface area (Å²) >= 11 is 2.95. The normalized spacial score (nSPS) is 7.08. The van der Waals surface area contributed by atoms with Gasteiger partial charge in [-0.15, -0.1) is 65.1 Å². The molecule has 0 aliphatic heterocycles. The molecular weight excluding hydrogens is 1040 g/mol. The van der Waals surface area contributed by atoms with Gasteiger partial charge >= 0.3 is 5.97 Å². The number of carbonyl (C=O) groups excluding carboxylic acids is 2. The summed E-state index contributed by atoms with van der Waals surface area (Å²) in [6.07, 6.45) is 11.8. The Morgan fingerprint density at radius 2 is 0.938 bits per heavy atom. The van der Waals surface area contributed by atoms with Gasteiger partial charge in [0.1, 0.15) is 12.6 Å². The van der Waals surface area contributed by atoms with E-state index >= 15 is 0 Å². The minimum Gasteiger partial charge on any atom is -0.456 e. The predicted molar refractivity (Wildman–Crippen MR) is 360 cm³/mol. The fourth-order valence-corrected chi connectivity index (χ4v) is 3.87. The zero-order chi connectivity index (χ0) is 62.3. The van der Waals surface area contributed by atoms with Crippen LogP contribution < -0.4 is 0 Å². The van der Waals surface area contributed by atoms with E-state index in [-0.39, 0.29) is 18.6 Å². The van der Waals surface area contributed by atoms with E-state index < -0.39 is 5.97 Å². The van der Waals surface area contributed by atoms with Gasteiger partial charge in [0.2, 0.25) is 5.78 Å². The van der Waals surface area contributed by atoms with Gasteiger partial charge in [0.15, 0.2) is 0 Å². The first kappa shape index (κ1) is 95.1. The fraction of sp³-hybridized carbons (Fsp3) is 0.507. The summed E-state index contributed by atoms with van der Waals surface area (Å²) in [5.41, 5.74) is 2.59. The van der Waals surface area contributed by atoms with Crippen molar-refractivity contribution < 1.29 is 14.3 Å². The lowest BCUT2D eigenvalue weighted by atomic mass is 9.98. The highest BCUT2D eigenvalue weighted by molar-refractivity contribution is 9.12. The van der Waals surface area contributed by atoms with Crippen LogP contribution in [0.5, 0.6) is 0 Å². The Morgan fingerprint density at radius 3 is 1.20 bits per heavy atom. The maximum absolute atomic E-state index is 10.4. The highest BCUT2D eigenvalue weighted by atomic mass is 79.9. The van der Waals surface area contributed by atoms with Gasteiger partial charge in [-0.1, -0.05) is 194 Å². The number of ether oxygens (including phenoxy) is 1. The van der Waals surface area contributed by atoms with Crippen LogP contribution in [-0.4, -0.2) is 18.4 Å². The van der Waals surface area contributed by atoms with Crippen molar-refractivity contribution in [3.8, 4) is 129 Å². The van der Waals surface area contributed by atoms with Crippen LogP contribution in [0.1, 0.15) is 241 Å². The first-order chi connectivity index (χ1) is 37.8. The summed E-state index contributed by atoms with van der Waals surface area (Å²) in [7, 11) is 0. The van der Waals surface area contributed by atoms with Gasteiger partial charge in [-0.2, -0.15) is 4.85 Å². The molecule has 0 unspecified atom stereocenters. The van der Waals surface area contributed by atoms with Crippen LogP contribution >= 0.6 is 15.9 Å². The first-order valence-corrected chi connectivity index (χ1v) is 28.5. The Labute approximate surface area is 505 Å². The van der Waals surface area contributed by atoms with Gasteiger partial charge in [-0.25, -0.2) is 4.79 Å². The Hall–Kier alpha value is -7.29. The number of esters is 1. The maximum Gasteiger partial charge on any atom is 0.384 e. The molecule has 0 N–H and O–H groups in total. The van der Waals surface area contributed by atoms with Crippen molar-refractivity contribution in [1.29, 1.82) is 0 Å². The molecule has 436 valence electrons. The molecule has 0 atom stereocenters. The van der Waals surface area contributed by atoms with E-state index in [1.165, 1.54) is 12.5 Å². The van der Waals surface area contributed by atoms with Gasteiger partial charge < -0.3 is 4.74 Å². The number of halogens is 1. The van der Waals surface area contributed by atoms with Crippen molar-refractivity contribution in [3.63, 3.8) is 0 Å². The number of ketones is 1. The Morgan fingerprint density at radius 1 is 0.537 bits per heavy atom. The van der Waals surface area contributed by atoms with E-state index in [4.69, 9.17) is 6.57 Å². The summed E-state index contributed by atoms with van der Waals surface area (Å²) in [6, 6.07) is 22.6. The molecule has 2 aromatic carbocycles. The van der Waals surface area contributed by atoms with Crippen molar-refractivity contribution in [2.24, 2.45) is 11.3 Å². The molecule has 2 aromatic rings. The molecular formula is C75H106BrNO3. The summed E-state index contributed by atoms with van der Waals surface area (Å²) < 4.78 is 4.53. The molecule has 0 heterocycles. The summed E-state index contributed by atoms with van der Waals surface area (Å²) in [5, 5.41) is 0. The molecule has 0 aliphatic carbocycles. The molecule has 0 bridgehead atoms. The van der Waals surface area contributed by atoms with Gasteiger partial charge in [0, 0.05) is 123 Å². The molecule has 5 heteroatoms. The molecule has 0 spiro atoms. The second-order valence-electron chi connectivity index (χ2n) is 15.7. The number of nitrogens with zero attached hydrogens (tertiary/aromatic N) is 1. The molecule has 80 heavy (non-hydrogen) atoms. The number of carbonyl (C=O) groups is 2.